The molecule has 6 nitrogen and oxygen atoms in total. The number of nitrogens with one attached hydrogen (secondary N) is 1. The number of alkyl halides is 3. The van der Waals surface area contributed by atoms with Gasteiger partial charge in [-0.25, -0.2) is 0 Å². The number of carbonyl (C=O) groups is 1. The second kappa shape index (κ2) is 5.78. The van der Waals surface area contributed by atoms with Gasteiger partial charge in [-0.15, -0.1) is 10.2 Å². The van der Waals surface area contributed by atoms with Gasteiger partial charge in [0.25, 0.3) is 11.7 Å². The fourth-order valence-electron chi connectivity index (χ4n) is 1.79. The van der Waals surface area contributed by atoms with Crippen LogP contribution in [-0.4, -0.2) is 25.7 Å². The number of amides is 1. The fourth-order valence-corrected chi connectivity index (χ4v) is 2.76. The van der Waals surface area contributed by atoms with Gasteiger partial charge in [-0.3, -0.25) is 4.79 Å². The maximum atomic E-state index is 12.7. The van der Waals surface area contributed by atoms with Gasteiger partial charge in [0.05, 0.1) is 6.54 Å². The van der Waals surface area contributed by atoms with Crippen LogP contribution in [0.25, 0.3) is 4.96 Å². The second-order valence-corrected chi connectivity index (χ2v) is 5.88. The molecule has 0 unspecified atom stereocenters. The lowest BCUT2D eigenvalue weighted by molar-refractivity contribution is -0.146. The fraction of sp³-hybridized carbons (Fsp3) is 0.167. The third-order valence-electron chi connectivity index (χ3n) is 2.77. The van der Waals surface area contributed by atoms with E-state index in [0.29, 0.717) is 15.1 Å². The van der Waals surface area contributed by atoms with Crippen molar-refractivity contribution in [2.75, 3.05) is 0 Å². The van der Waals surface area contributed by atoms with Gasteiger partial charge in [-0.1, -0.05) is 29.0 Å². The molecule has 0 aliphatic carbocycles. The van der Waals surface area contributed by atoms with Crippen LogP contribution < -0.4 is 5.32 Å². The summed E-state index contributed by atoms with van der Waals surface area (Å²) in [6.07, 6.45) is -4.64. The molecule has 0 saturated heterocycles. The molecule has 1 aromatic carbocycles. The first kappa shape index (κ1) is 15.7. The van der Waals surface area contributed by atoms with E-state index < -0.39 is 17.9 Å². The van der Waals surface area contributed by atoms with Crippen molar-refractivity contribution in [2.45, 2.75) is 12.7 Å². The minimum absolute atomic E-state index is 0.00401. The normalized spacial score (nSPS) is 11.8. The molecule has 0 aliphatic rings. The monoisotopic (exact) mass is 361 g/mol. The van der Waals surface area contributed by atoms with E-state index in [1.807, 2.05) is 0 Å². The van der Waals surface area contributed by atoms with Gasteiger partial charge in [0.15, 0.2) is 0 Å². The smallest absolute Gasteiger partial charge is 0.345 e. The van der Waals surface area contributed by atoms with E-state index in [4.69, 9.17) is 11.6 Å². The van der Waals surface area contributed by atoms with Gasteiger partial charge in [0.2, 0.25) is 4.96 Å². The van der Waals surface area contributed by atoms with Crippen molar-refractivity contribution in [2.24, 2.45) is 0 Å². The number of aromatic nitrogens is 4. The van der Waals surface area contributed by atoms with Crippen LogP contribution in [0, 0.1) is 0 Å². The van der Waals surface area contributed by atoms with Crippen molar-refractivity contribution in [3.05, 3.63) is 45.7 Å². The van der Waals surface area contributed by atoms with Gasteiger partial charge in [-0.2, -0.15) is 22.8 Å². The maximum Gasteiger partial charge on any atom is 0.453 e. The van der Waals surface area contributed by atoms with Crippen LogP contribution in [0.3, 0.4) is 0 Å². The Morgan fingerprint density at radius 2 is 2.13 bits per heavy atom. The summed E-state index contributed by atoms with van der Waals surface area (Å²) in [4.78, 5) is 11.9. The lowest BCUT2D eigenvalue weighted by atomic mass is 10.2. The number of carbonyl (C=O) groups excluding carboxylic acids is 1. The summed E-state index contributed by atoms with van der Waals surface area (Å²) in [5.74, 6) is -1.61. The third kappa shape index (κ3) is 3.27. The van der Waals surface area contributed by atoms with Gasteiger partial charge in [0, 0.05) is 10.6 Å². The number of hydrogen-bond acceptors (Lipinski definition) is 5. The minimum atomic E-state index is -4.64. The van der Waals surface area contributed by atoms with Crippen LogP contribution >= 0.6 is 22.9 Å². The zero-order valence-electron chi connectivity index (χ0n) is 11.1. The molecule has 11 heteroatoms. The zero-order valence-corrected chi connectivity index (χ0v) is 12.7. The van der Waals surface area contributed by atoms with Crippen molar-refractivity contribution >= 4 is 33.8 Å². The highest BCUT2D eigenvalue weighted by molar-refractivity contribution is 7.16. The first-order chi connectivity index (χ1) is 10.8. The summed E-state index contributed by atoms with van der Waals surface area (Å²) in [6.45, 7) is -0.0311. The summed E-state index contributed by atoms with van der Waals surface area (Å²) in [7, 11) is 0. The molecule has 2 heterocycles. The molecule has 0 radical (unpaired) electrons. The van der Waals surface area contributed by atoms with Crippen LogP contribution in [0.5, 0.6) is 0 Å². The lowest BCUT2D eigenvalue weighted by Crippen LogP contribution is -2.22. The molecule has 0 aliphatic heterocycles. The predicted octanol–water partition coefficient (Wildman–Crippen LogP) is 2.79. The summed E-state index contributed by atoms with van der Waals surface area (Å²) in [6, 6.07) is 6.30. The van der Waals surface area contributed by atoms with E-state index in [2.05, 4.69) is 20.6 Å². The van der Waals surface area contributed by atoms with E-state index in [-0.39, 0.29) is 16.5 Å². The molecule has 23 heavy (non-hydrogen) atoms. The molecule has 0 bridgehead atoms. The second-order valence-electron chi connectivity index (χ2n) is 4.40. The molecule has 1 N–H and O–H groups in total. The van der Waals surface area contributed by atoms with Crippen LogP contribution in [-0.2, 0) is 12.7 Å². The van der Waals surface area contributed by atoms with Crippen LogP contribution in [0.4, 0.5) is 13.2 Å². The Kier molecular flexibility index (Phi) is 3.94. The number of fused-ring (bicyclic) bond motifs is 1. The number of rotatable bonds is 3. The molecular formula is C12H7ClF3N5OS. The van der Waals surface area contributed by atoms with Crippen LogP contribution in [0.2, 0.25) is 5.02 Å². The Labute approximate surface area is 135 Å². The molecule has 0 fully saturated rings. The molecule has 0 saturated carbocycles. The van der Waals surface area contributed by atoms with E-state index in [1.165, 1.54) is 6.07 Å². The molecule has 1 amide bonds. The van der Waals surface area contributed by atoms with Crippen molar-refractivity contribution < 1.29 is 18.0 Å². The highest BCUT2D eigenvalue weighted by atomic mass is 35.5. The van der Waals surface area contributed by atoms with Gasteiger partial charge < -0.3 is 5.32 Å². The summed E-state index contributed by atoms with van der Waals surface area (Å²) >= 11 is 6.70. The Balaban J connectivity index is 1.75. The molecule has 0 spiro atoms. The molecule has 0 atom stereocenters. The quantitative estimate of drug-likeness (QED) is 0.778. The predicted molar refractivity (Wildman–Crippen MR) is 76.3 cm³/mol. The zero-order chi connectivity index (χ0) is 16.6. The topological polar surface area (TPSA) is 72.2 Å². The molecule has 120 valence electrons. The van der Waals surface area contributed by atoms with E-state index >= 15 is 0 Å². The van der Waals surface area contributed by atoms with Crippen molar-refractivity contribution in [3.8, 4) is 0 Å². The van der Waals surface area contributed by atoms with E-state index in [9.17, 15) is 18.0 Å². The average molecular weight is 362 g/mol. The standard InChI is InChI=1S/C12H7ClF3N5OS/c13-7-3-1-2-6(4-7)9(22)17-5-8-20-21-10(12(14,15)16)18-19-11(21)23-8/h1-4H,5H2,(H,17,22). The summed E-state index contributed by atoms with van der Waals surface area (Å²) in [5, 5.41) is 13.5. The van der Waals surface area contributed by atoms with Crippen LogP contribution in [0.15, 0.2) is 24.3 Å². The highest BCUT2D eigenvalue weighted by Crippen LogP contribution is 2.28. The Morgan fingerprint density at radius 1 is 1.35 bits per heavy atom. The number of halogens is 4. The van der Waals surface area contributed by atoms with E-state index in [1.54, 1.807) is 18.2 Å². The van der Waals surface area contributed by atoms with E-state index in [0.717, 1.165) is 11.3 Å². The molecule has 3 aromatic rings. The molecule has 2 aromatic heterocycles. The van der Waals surface area contributed by atoms with Gasteiger partial charge >= 0.3 is 6.18 Å². The number of hydrogen-bond donors (Lipinski definition) is 1. The third-order valence-corrected chi connectivity index (χ3v) is 3.91. The Morgan fingerprint density at radius 3 is 2.83 bits per heavy atom. The minimum Gasteiger partial charge on any atom is -0.345 e. The summed E-state index contributed by atoms with van der Waals surface area (Å²) < 4.78 is 38.7. The maximum absolute atomic E-state index is 12.7. The summed E-state index contributed by atoms with van der Waals surface area (Å²) in [5.41, 5.74) is 0.344. The number of benzene rings is 1. The Hall–Kier alpha value is -2.20. The van der Waals surface area contributed by atoms with Crippen molar-refractivity contribution in [1.29, 1.82) is 0 Å². The SMILES string of the molecule is O=C(NCc1nn2c(C(F)(F)F)nnc2s1)c1cccc(Cl)c1. The first-order valence-corrected chi connectivity index (χ1v) is 7.36. The van der Waals surface area contributed by atoms with Crippen molar-refractivity contribution in [3.63, 3.8) is 0 Å². The van der Waals surface area contributed by atoms with Crippen LogP contribution in [0.1, 0.15) is 21.2 Å². The average Bonchev–Trinajstić information content (AvgIpc) is 3.03. The highest BCUT2D eigenvalue weighted by Gasteiger charge is 2.38. The largest absolute Gasteiger partial charge is 0.453 e. The van der Waals surface area contributed by atoms with Gasteiger partial charge in [0.1, 0.15) is 5.01 Å². The van der Waals surface area contributed by atoms with Crippen molar-refractivity contribution in [1.82, 2.24) is 25.1 Å². The Bertz CT molecular complexity index is 875. The van der Waals surface area contributed by atoms with Gasteiger partial charge in [-0.05, 0) is 18.2 Å². The lowest BCUT2D eigenvalue weighted by Gasteiger charge is -2.03. The number of nitrogens with zero attached hydrogens (tertiary/aromatic N) is 4. The molecule has 3 rings (SSSR count). The molecular weight excluding hydrogens is 355 g/mol. The first-order valence-electron chi connectivity index (χ1n) is 6.16.